The van der Waals surface area contributed by atoms with Gasteiger partial charge in [0.25, 0.3) is 0 Å². The molecular weight excluding hydrogens is 406 g/mol. The standard InChI is InChI=1S/C28H31NSi2/c1-29(30(2,3)24-25-16-8-4-9-17-25)31(26-18-10-5-11-19-26,27-20-12-6-13-21-27)28-22-14-7-15-23-28/h4-23H,24H2,1-3H3. The third-order valence-electron chi connectivity index (χ3n) is 6.47. The van der Waals surface area contributed by atoms with Gasteiger partial charge in [-0.1, -0.05) is 134 Å². The van der Waals surface area contributed by atoms with E-state index in [1.54, 1.807) is 0 Å². The van der Waals surface area contributed by atoms with Gasteiger partial charge in [-0.2, -0.15) is 0 Å². The molecule has 0 aromatic heterocycles. The molecule has 1 nitrogen and oxygen atoms in total. The summed E-state index contributed by atoms with van der Waals surface area (Å²) in [6.07, 6.45) is 0. The maximum Gasteiger partial charge on any atom is 0.218 e. The van der Waals surface area contributed by atoms with Crippen molar-refractivity contribution < 1.29 is 0 Å². The first kappa shape index (κ1) is 21.5. The topological polar surface area (TPSA) is 3.24 Å². The van der Waals surface area contributed by atoms with Gasteiger partial charge in [-0.3, -0.25) is 0 Å². The minimum absolute atomic E-state index is 1.13. The molecule has 0 bridgehead atoms. The molecule has 0 N–H and O–H groups in total. The highest BCUT2D eigenvalue weighted by Crippen LogP contribution is 2.22. The van der Waals surface area contributed by atoms with Gasteiger partial charge < -0.3 is 4.23 Å². The van der Waals surface area contributed by atoms with Crippen molar-refractivity contribution in [2.75, 3.05) is 7.05 Å². The molecule has 0 fully saturated rings. The van der Waals surface area contributed by atoms with E-state index in [-0.39, 0.29) is 0 Å². The van der Waals surface area contributed by atoms with E-state index in [0.29, 0.717) is 0 Å². The van der Waals surface area contributed by atoms with Crippen molar-refractivity contribution in [3.05, 3.63) is 127 Å². The lowest BCUT2D eigenvalue weighted by atomic mass is 10.2. The predicted molar refractivity (Wildman–Crippen MR) is 139 cm³/mol. The van der Waals surface area contributed by atoms with E-state index in [2.05, 4.69) is 146 Å². The minimum Gasteiger partial charge on any atom is -0.337 e. The van der Waals surface area contributed by atoms with Crippen LogP contribution in [0, 0.1) is 0 Å². The monoisotopic (exact) mass is 437 g/mol. The second-order valence-electron chi connectivity index (χ2n) is 8.84. The van der Waals surface area contributed by atoms with Crippen molar-refractivity contribution in [3.8, 4) is 0 Å². The molecule has 0 spiro atoms. The summed E-state index contributed by atoms with van der Waals surface area (Å²) < 4.78 is 2.84. The molecule has 3 heteroatoms. The predicted octanol–water partition coefficient (Wildman–Crippen LogP) is 4.57. The van der Waals surface area contributed by atoms with Gasteiger partial charge in [0.1, 0.15) is 8.24 Å². The summed E-state index contributed by atoms with van der Waals surface area (Å²) in [6.45, 7) is 5.05. The molecule has 0 heterocycles. The summed E-state index contributed by atoms with van der Waals surface area (Å²) in [5.41, 5.74) is 1.43. The van der Waals surface area contributed by atoms with Crippen LogP contribution < -0.4 is 15.6 Å². The maximum atomic E-state index is 2.84. The fourth-order valence-electron chi connectivity index (χ4n) is 4.79. The molecule has 4 aromatic carbocycles. The molecule has 0 saturated heterocycles. The molecule has 4 aromatic rings. The quantitative estimate of drug-likeness (QED) is 0.302. The fourth-order valence-corrected chi connectivity index (χ4v) is 15.5. The first-order chi connectivity index (χ1) is 15.0. The molecule has 0 aliphatic heterocycles. The second kappa shape index (κ2) is 9.19. The molecule has 0 amide bonds. The van der Waals surface area contributed by atoms with Gasteiger partial charge in [0.15, 0.2) is 0 Å². The highest BCUT2D eigenvalue weighted by atomic mass is 28.4. The number of nitrogens with zero attached hydrogens (tertiary/aromatic N) is 1. The lowest BCUT2D eigenvalue weighted by molar-refractivity contribution is 0.763. The van der Waals surface area contributed by atoms with Crippen LogP contribution in [0.2, 0.25) is 13.1 Å². The summed E-state index contributed by atoms with van der Waals surface area (Å²) in [5.74, 6) is 0. The summed E-state index contributed by atoms with van der Waals surface area (Å²) in [6, 6.07) is 45.8. The van der Waals surface area contributed by atoms with Gasteiger partial charge in [0.2, 0.25) is 8.24 Å². The van der Waals surface area contributed by atoms with Crippen LogP contribution in [0.25, 0.3) is 0 Å². The lowest BCUT2D eigenvalue weighted by Crippen LogP contribution is -2.81. The van der Waals surface area contributed by atoms with Crippen molar-refractivity contribution in [2.24, 2.45) is 0 Å². The zero-order chi connectivity index (χ0) is 21.7. The highest BCUT2D eigenvalue weighted by Gasteiger charge is 2.49. The van der Waals surface area contributed by atoms with Crippen LogP contribution in [0.15, 0.2) is 121 Å². The van der Waals surface area contributed by atoms with E-state index in [9.17, 15) is 0 Å². The van der Waals surface area contributed by atoms with Crippen LogP contribution in [0.3, 0.4) is 0 Å². The maximum absolute atomic E-state index is 2.84. The van der Waals surface area contributed by atoms with Gasteiger partial charge in [-0.15, -0.1) is 0 Å². The van der Waals surface area contributed by atoms with Gasteiger partial charge in [-0.25, -0.2) is 0 Å². The van der Waals surface area contributed by atoms with Crippen LogP contribution in [0.4, 0.5) is 0 Å². The Morgan fingerprint density at radius 1 is 0.516 bits per heavy atom. The van der Waals surface area contributed by atoms with E-state index < -0.39 is 16.5 Å². The Kier molecular flexibility index (Phi) is 6.37. The third kappa shape index (κ3) is 4.22. The minimum atomic E-state index is -2.42. The van der Waals surface area contributed by atoms with Crippen LogP contribution in [-0.4, -0.2) is 27.7 Å². The van der Waals surface area contributed by atoms with Crippen molar-refractivity contribution in [2.45, 2.75) is 19.1 Å². The van der Waals surface area contributed by atoms with Crippen LogP contribution in [0.1, 0.15) is 5.56 Å². The van der Waals surface area contributed by atoms with Gasteiger partial charge in [-0.05, 0) is 34.2 Å². The van der Waals surface area contributed by atoms with E-state index in [1.807, 2.05) is 0 Å². The number of benzene rings is 4. The van der Waals surface area contributed by atoms with Crippen molar-refractivity contribution in [1.29, 1.82) is 0 Å². The Bertz CT molecular complexity index is 984. The van der Waals surface area contributed by atoms with Crippen LogP contribution >= 0.6 is 0 Å². The Balaban J connectivity index is 1.95. The van der Waals surface area contributed by atoms with Crippen molar-refractivity contribution in [1.82, 2.24) is 4.23 Å². The summed E-state index contributed by atoms with van der Waals surface area (Å²) in [5, 5.41) is 4.34. The third-order valence-corrected chi connectivity index (χ3v) is 16.9. The second-order valence-corrected chi connectivity index (χ2v) is 17.8. The van der Waals surface area contributed by atoms with E-state index >= 15 is 0 Å². The zero-order valence-corrected chi connectivity index (χ0v) is 20.7. The van der Waals surface area contributed by atoms with E-state index in [0.717, 1.165) is 6.04 Å². The fraction of sp³-hybridized carbons (Fsp3) is 0.143. The number of hydrogen-bond donors (Lipinski definition) is 0. The van der Waals surface area contributed by atoms with Gasteiger partial charge in [0.05, 0.1) is 0 Å². The molecule has 156 valence electrons. The molecule has 0 radical (unpaired) electrons. The number of rotatable bonds is 7. The largest absolute Gasteiger partial charge is 0.337 e. The summed E-state index contributed by atoms with van der Waals surface area (Å²) >= 11 is 0. The molecular formula is C28H31NSi2. The van der Waals surface area contributed by atoms with Crippen LogP contribution in [-0.2, 0) is 6.04 Å². The highest BCUT2D eigenvalue weighted by molar-refractivity contribution is 7.14. The average Bonchev–Trinajstić information content (AvgIpc) is 2.82. The average molecular weight is 438 g/mol. The Morgan fingerprint density at radius 3 is 1.19 bits per heavy atom. The van der Waals surface area contributed by atoms with Gasteiger partial charge in [0, 0.05) is 0 Å². The zero-order valence-electron chi connectivity index (χ0n) is 18.7. The van der Waals surface area contributed by atoms with Crippen LogP contribution in [0.5, 0.6) is 0 Å². The van der Waals surface area contributed by atoms with E-state index in [1.165, 1.54) is 21.1 Å². The summed E-state index contributed by atoms with van der Waals surface area (Å²) in [7, 11) is -1.86. The molecule has 0 atom stereocenters. The molecule has 0 saturated carbocycles. The SMILES string of the molecule is CN([Si](C)(C)Cc1ccccc1)[Si](c1ccccc1)(c1ccccc1)c1ccccc1. The molecule has 0 aliphatic carbocycles. The smallest absolute Gasteiger partial charge is 0.218 e. The number of hydrogen-bond acceptors (Lipinski definition) is 1. The first-order valence-electron chi connectivity index (χ1n) is 11.0. The van der Waals surface area contributed by atoms with Gasteiger partial charge >= 0.3 is 0 Å². The molecule has 4 rings (SSSR count). The Labute approximate surface area is 189 Å². The van der Waals surface area contributed by atoms with Crippen molar-refractivity contribution in [3.63, 3.8) is 0 Å². The van der Waals surface area contributed by atoms with Crippen molar-refractivity contribution >= 4 is 32.0 Å². The molecule has 0 aliphatic rings. The lowest BCUT2D eigenvalue weighted by Gasteiger charge is -2.49. The molecule has 31 heavy (non-hydrogen) atoms. The molecule has 0 unspecified atom stereocenters. The van der Waals surface area contributed by atoms with E-state index in [4.69, 9.17) is 0 Å². The Hall–Kier alpha value is -2.73. The Morgan fingerprint density at radius 2 is 0.839 bits per heavy atom. The summed E-state index contributed by atoms with van der Waals surface area (Å²) in [4.78, 5) is 0. The normalized spacial score (nSPS) is 12.1. The first-order valence-corrected chi connectivity index (χ1v) is 16.1.